The molecule has 25 heavy (non-hydrogen) atoms. The van der Waals surface area contributed by atoms with Gasteiger partial charge in [0.1, 0.15) is 0 Å². The number of anilines is 2. The number of amides is 2. The zero-order valence-corrected chi connectivity index (χ0v) is 15.4. The van der Waals surface area contributed by atoms with Crippen LogP contribution in [0.15, 0.2) is 41.0 Å². The molecule has 1 heterocycles. The van der Waals surface area contributed by atoms with E-state index in [9.17, 15) is 9.59 Å². The molecule has 1 aromatic heterocycles. The van der Waals surface area contributed by atoms with E-state index in [0.29, 0.717) is 11.4 Å². The van der Waals surface area contributed by atoms with Crippen LogP contribution in [0.25, 0.3) is 0 Å². The molecule has 1 aromatic carbocycles. The molecule has 7 heteroatoms. The van der Waals surface area contributed by atoms with Crippen molar-refractivity contribution in [3.63, 3.8) is 0 Å². The van der Waals surface area contributed by atoms with Gasteiger partial charge in [0.25, 0.3) is 5.91 Å². The Bertz CT molecular complexity index is 792. The van der Waals surface area contributed by atoms with E-state index in [-0.39, 0.29) is 22.7 Å². The van der Waals surface area contributed by atoms with E-state index in [2.05, 4.69) is 16.0 Å². The van der Waals surface area contributed by atoms with Gasteiger partial charge in [0.05, 0.1) is 6.26 Å². The molecule has 2 amide bonds. The van der Waals surface area contributed by atoms with E-state index >= 15 is 0 Å². The highest BCUT2D eigenvalue weighted by molar-refractivity contribution is 7.80. The molecule has 0 bridgehead atoms. The van der Waals surface area contributed by atoms with Gasteiger partial charge in [-0.25, -0.2) is 0 Å². The van der Waals surface area contributed by atoms with Crippen molar-refractivity contribution in [2.24, 2.45) is 5.41 Å². The first-order chi connectivity index (χ1) is 11.7. The van der Waals surface area contributed by atoms with Crippen LogP contribution in [0.2, 0.25) is 0 Å². The number of nitrogens with one attached hydrogen (secondary N) is 3. The molecule has 0 saturated heterocycles. The van der Waals surface area contributed by atoms with E-state index in [1.807, 2.05) is 33.8 Å². The molecular weight excluding hydrogens is 338 g/mol. The Hall–Kier alpha value is -2.67. The normalized spacial score (nSPS) is 10.9. The number of thiocarbonyl (C=S) groups is 1. The van der Waals surface area contributed by atoms with Crippen molar-refractivity contribution in [1.29, 1.82) is 0 Å². The SMILES string of the molecule is Cc1cc(NC(=S)NC(=O)C(C)(C)C)ccc1NC(=O)c1ccco1. The zero-order chi connectivity index (χ0) is 18.6. The number of furan rings is 1. The lowest BCUT2D eigenvalue weighted by molar-refractivity contribution is -0.126. The van der Waals surface area contributed by atoms with Gasteiger partial charge in [-0.3, -0.25) is 9.59 Å². The zero-order valence-electron chi connectivity index (χ0n) is 14.6. The van der Waals surface area contributed by atoms with Crippen LogP contribution < -0.4 is 16.0 Å². The minimum atomic E-state index is -0.526. The molecule has 132 valence electrons. The molecule has 3 N–H and O–H groups in total. The van der Waals surface area contributed by atoms with Gasteiger partial charge in [-0.1, -0.05) is 20.8 Å². The molecule has 0 aliphatic heterocycles. The summed E-state index contributed by atoms with van der Waals surface area (Å²) in [5, 5.41) is 8.63. The standard InChI is InChI=1S/C18H21N3O3S/c1-11-10-12(19-17(25)21-16(23)18(2,3)4)7-8-13(11)20-15(22)14-6-5-9-24-14/h5-10H,1-4H3,(H,20,22)(H2,19,21,23,25). The highest BCUT2D eigenvalue weighted by Crippen LogP contribution is 2.21. The Morgan fingerprint density at radius 3 is 2.40 bits per heavy atom. The highest BCUT2D eigenvalue weighted by atomic mass is 32.1. The summed E-state index contributed by atoms with van der Waals surface area (Å²) in [6.07, 6.45) is 1.45. The first kappa shape index (κ1) is 18.7. The van der Waals surface area contributed by atoms with Crippen molar-refractivity contribution >= 4 is 40.5 Å². The Kier molecular flexibility index (Phi) is 5.58. The fraction of sp³-hybridized carbons (Fsp3) is 0.278. The molecule has 6 nitrogen and oxygen atoms in total. The van der Waals surface area contributed by atoms with Crippen LogP contribution in [0.4, 0.5) is 11.4 Å². The summed E-state index contributed by atoms with van der Waals surface area (Å²) in [5.41, 5.74) is 1.70. The van der Waals surface area contributed by atoms with E-state index < -0.39 is 5.41 Å². The number of aryl methyl sites for hydroxylation is 1. The van der Waals surface area contributed by atoms with Gasteiger partial charge in [0.15, 0.2) is 10.9 Å². The quantitative estimate of drug-likeness (QED) is 0.728. The number of rotatable bonds is 3. The largest absolute Gasteiger partial charge is 0.459 e. The lowest BCUT2D eigenvalue weighted by atomic mass is 9.96. The van der Waals surface area contributed by atoms with Gasteiger partial charge in [0.2, 0.25) is 5.91 Å². The Morgan fingerprint density at radius 1 is 1.12 bits per heavy atom. The number of hydrogen-bond donors (Lipinski definition) is 3. The molecular formula is C18H21N3O3S. The monoisotopic (exact) mass is 359 g/mol. The fourth-order valence-corrected chi connectivity index (χ4v) is 2.14. The summed E-state index contributed by atoms with van der Waals surface area (Å²) in [6, 6.07) is 8.60. The first-order valence-corrected chi connectivity index (χ1v) is 8.15. The van der Waals surface area contributed by atoms with Crippen molar-refractivity contribution in [1.82, 2.24) is 5.32 Å². The fourth-order valence-electron chi connectivity index (χ4n) is 1.93. The molecule has 0 fully saturated rings. The Balaban J connectivity index is 2.00. The smallest absolute Gasteiger partial charge is 0.291 e. The lowest BCUT2D eigenvalue weighted by Gasteiger charge is -2.19. The third kappa shape index (κ3) is 5.15. The lowest BCUT2D eigenvalue weighted by Crippen LogP contribution is -2.41. The maximum atomic E-state index is 12.0. The molecule has 2 rings (SSSR count). The number of hydrogen-bond acceptors (Lipinski definition) is 4. The molecule has 0 saturated carbocycles. The third-order valence-corrected chi connectivity index (χ3v) is 3.59. The molecule has 0 radical (unpaired) electrons. The van der Waals surface area contributed by atoms with Crippen LogP contribution in [0.1, 0.15) is 36.9 Å². The van der Waals surface area contributed by atoms with Gasteiger partial charge >= 0.3 is 0 Å². The summed E-state index contributed by atoms with van der Waals surface area (Å²) in [5.74, 6) is -0.238. The summed E-state index contributed by atoms with van der Waals surface area (Å²) < 4.78 is 5.07. The number of benzene rings is 1. The Morgan fingerprint density at radius 2 is 1.84 bits per heavy atom. The van der Waals surface area contributed by atoms with Crippen LogP contribution >= 0.6 is 12.2 Å². The van der Waals surface area contributed by atoms with Gasteiger partial charge in [0, 0.05) is 16.8 Å². The van der Waals surface area contributed by atoms with Crippen LogP contribution in [-0.4, -0.2) is 16.9 Å². The summed E-state index contributed by atoms with van der Waals surface area (Å²) in [4.78, 5) is 23.9. The van der Waals surface area contributed by atoms with Gasteiger partial charge in [-0.2, -0.15) is 0 Å². The van der Waals surface area contributed by atoms with Crippen LogP contribution in [0.3, 0.4) is 0 Å². The predicted molar refractivity (Wildman–Crippen MR) is 102 cm³/mol. The summed E-state index contributed by atoms with van der Waals surface area (Å²) >= 11 is 5.16. The minimum Gasteiger partial charge on any atom is -0.459 e. The second-order valence-electron chi connectivity index (χ2n) is 6.62. The second-order valence-corrected chi connectivity index (χ2v) is 7.03. The van der Waals surface area contributed by atoms with Crippen LogP contribution in [0, 0.1) is 12.3 Å². The van der Waals surface area contributed by atoms with E-state index in [1.165, 1.54) is 6.26 Å². The first-order valence-electron chi connectivity index (χ1n) is 7.75. The van der Waals surface area contributed by atoms with Gasteiger partial charge in [-0.15, -0.1) is 0 Å². The van der Waals surface area contributed by atoms with Gasteiger partial charge < -0.3 is 20.4 Å². The molecule has 0 aliphatic rings. The summed E-state index contributed by atoms with van der Waals surface area (Å²) in [7, 11) is 0. The summed E-state index contributed by atoms with van der Waals surface area (Å²) in [6.45, 7) is 7.29. The molecule has 0 unspecified atom stereocenters. The van der Waals surface area contributed by atoms with Crippen molar-refractivity contribution in [3.8, 4) is 0 Å². The molecule has 2 aromatic rings. The maximum absolute atomic E-state index is 12.0. The number of carbonyl (C=O) groups excluding carboxylic acids is 2. The van der Waals surface area contributed by atoms with Crippen molar-refractivity contribution in [3.05, 3.63) is 47.9 Å². The second kappa shape index (κ2) is 7.48. The topological polar surface area (TPSA) is 83.4 Å². The van der Waals surface area contributed by atoms with Crippen molar-refractivity contribution in [2.45, 2.75) is 27.7 Å². The van der Waals surface area contributed by atoms with E-state index in [4.69, 9.17) is 16.6 Å². The third-order valence-electron chi connectivity index (χ3n) is 3.39. The van der Waals surface area contributed by atoms with Crippen LogP contribution in [0.5, 0.6) is 0 Å². The minimum absolute atomic E-state index is 0.163. The van der Waals surface area contributed by atoms with Gasteiger partial charge in [-0.05, 0) is 55.0 Å². The van der Waals surface area contributed by atoms with E-state index in [1.54, 1.807) is 24.3 Å². The maximum Gasteiger partial charge on any atom is 0.291 e. The average Bonchev–Trinajstić information content (AvgIpc) is 3.03. The molecule has 0 aliphatic carbocycles. The van der Waals surface area contributed by atoms with Crippen molar-refractivity contribution in [2.75, 3.05) is 10.6 Å². The van der Waals surface area contributed by atoms with E-state index in [0.717, 1.165) is 5.56 Å². The van der Waals surface area contributed by atoms with Crippen LogP contribution in [-0.2, 0) is 4.79 Å². The molecule has 0 spiro atoms. The number of carbonyl (C=O) groups is 2. The average molecular weight is 359 g/mol. The predicted octanol–water partition coefficient (Wildman–Crippen LogP) is 3.70. The Labute approximate surface area is 152 Å². The highest BCUT2D eigenvalue weighted by Gasteiger charge is 2.22. The van der Waals surface area contributed by atoms with Crippen molar-refractivity contribution < 1.29 is 14.0 Å². The molecule has 0 atom stereocenters.